The van der Waals surface area contributed by atoms with E-state index in [0.717, 1.165) is 33.8 Å². The molecule has 1 amide bonds. The van der Waals surface area contributed by atoms with Crippen LogP contribution in [0.5, 0.6) is 0 Å². The standard InChI is InChI=1S/C21H27N3O3S/c1-16-9-8-12-20(18(16)3)24(28(4,26)27)15-21(25)23-22-17(2)13-14-19-10-6-5-7-11-19/h5-12H,13-15H2,1-4H3,(H,23,25)/b22-17-. The fourth-order valence-electron chi connectivity index (χ4n) is 2.74. The second kappa shape index (κ2) is 9.50. The lowest BCUT2D eigenvalue weighted by molar-refractivity contribution is -0.119. The van der Waals surface area contributed by atoms with Crippen molar-refractivity contribution in [2.24, 2.45) is 5.10 Å². The number of rotatable bonds is 8. The number of carbonyl (C=O) groups excluding carboxylic acids is 1. The van der Waals surface area contributed by atoms with Crippen molar-refractivity contribution in [2.75, 3.05) is 17.1 Å². The van der Waals surface area contributed by atoms with E-state index in [2.05, 4.69) is 10.5 Å². The fraction of sp³-hybridized carbons (Fsp3) is 0.333. The summed E-state index contributed by atoms with van der Waals surface area (Å²) < 4.78 is 25.6. The molecule has 0 aliphatic rings. The first-order valence-corrected chi connectivity index (χ1v) is 10.9. The molecule has 6 nitrogen and oxygen atoms in total. The first-order chi connectivity index (χ1) is 13.2. The molecule has 2 aromatic carbocycles. The molecule has 0 atom stereocenters. The van der Waals surface area contributed by atoms with Crippen molar-refractivity contribution in [3.8, 4) is 0 Å². The summed E-state index contributed by atoms with van der Waals surface area (Å²) in [6, 6.07) is 15.4. The highest BCUT2D eigenvalue weighted by molar-refractivity contribution is 7.92. The van der Waals surface area contributed by atoms with Gasteiger partial charge in [-0.15, -0.1) is 0 Å². The Hall–Kier alpha value is -2.67. The topological polar surface area (TPSA) is 78.8 Å². The average molecular weight is 402 g/mol. The van der Waals surface area contributed by atoms with Gasteiger partial charge >= 0.3 is 0 Å². The minimum Gasteiger partial charge on any atom is -0.271 e. The van der Waals surface area contributed by atoms with Gasteiger partial charge in [-0.05, 0) is 56.4 Å². The van der Waals surface area contributed by atoms with E-state index in [1.165, 1.54) is 5.56 Å². The number of nitrogens with zero attached hydrogens (tertiary/aromatic N) is 2. The number of carbonyl (C=O) groups is 1. The van der Waals surface area contributed by atoms with Gasteiger partial charge in [-0.2, -0.15) is 5.10 Å². The molecule has 7 heteroatoms. The first kappa shape index (κ1) is 21.6. The number of hydrazone groups is 1. The maximum atomic E-state index is 12.3. The number of benzene rings is 2. The number of hydrogen-bond donors (Lipinski definition) is 1. The lowest BCUT2D eigenvalue weighted by Gasteiger charge is -2.24. The van der Waals surface area contributed by atoms with Gasteiger partial charge in [0.15, 0.2) is 0 Å². The molecule has 0 saturated heterocycles. The maximum Gasteiger partial charge on any atom is 0.260 e. The van der Waals surface area contributed by atoms with Crippen LogP contribution >= 0.6 is 0 Å². The van der Waals surface area contributed by atoms with E-state index in [4.69, 9.17) is 0 Å². The van der Waals surface area contributed by atoms with Crippen LogP contribution in [0.15, 0.2) is 53.6 Å². The smallest absolute Gasteiger partial charge is 0.260 e. The van der Waals surface area contributed by atoms with Gasteiger partial charge in [0, 0.05) is 5.71 Å². The number of sulfonamides is 1. The molecule has 0 bridgehead atoms. The van der Waals surface area contributed by atoms with Gasteiger partial charge in [0.2, 0.25) is 10.0 Å². The minimum atomic E-state index is -3.61. The minimum absolute atomic E-state index is 0.321. The summed E-state index contributed by atoms with van der Waals surface area (Å²) in [4.78, 5) is 12.3. The molecule has 0 heterocycles. The summed E-state index contributed by atoms with van der Waals surface area (Å²) in [5.41, 5.74) is 6.72. The Morgan fingerprint density at radius 3 is 2.39 bits per heavy atom. The van der Waals surface area contributed by atoms with Crippen molar-refractivity contribution in [3.63, 3.8) is 0 Å². The largest absolute Gasteiger partial charge is 0.271 e. The summed E-state index contributed by atoms with van der Waals surface area (Å²) in [5.74, 6) is -0.481. The van der Waals surface area contributed by atoms with Crippen LogP contribution in [0, 0.1) is 13.8 Å². The van der Waals surface area contributed by atoms with E-state index in [1.807, 2.05) is 57.2 Å². The fourth-order valence-corrected chi connectivity index (χ4v) is 3.64. The molecule has 28 heavy (non-hydrogen) atoms. The molecule has 150 valence electrons. The van der Waals surface area contributed by atoms with E-state index < -0.39 is 15.9 Å². The molecule has 0 fully saturated rings. The second-order valence-electron chi connectivity index (χ2n) is 6.86. The predicted octanol–water partition coefficient (Wildman–Crippen LogP) is 3.19. The zero-order valence-corrected chi connectivity index (χ0v) is 17.6. The predicted molar refractivity (Wildman–Crippen MR) is 114 cm³/mol. The van der Waals surface area contributed by atoms with Gasteiger partial charge in [0.25, 0.3) is 5.91 Å². The number of hydrogen-bond acceptors (Lipinski definition) is 4. The number of aryl methyl sites for hydroxylation is 2. The first-order valence-electron chi connectivity index (χ1n) is 9.08. The van der Waals surface area contributed by atoms with Crippen molar-refractivity contribution in [1.29, 1.82) is 0 Å². The van der Waals surface area contributed by atoms with Crippen LogP contribution in [0.2, 0.25) is 0 Å². The molecular formula is C21H27N3O3S. The van der Waals surface area contributed by atoms with Crippen LogP contribution in [-0.4, -0.2) is 32.8 Å². The summed E-state index contributed by atoms with van der Waals surface area (Å²) in [6.45, 7) is 5.26. The Kier molecular flexibility index (Phi) is 7.34. The Morgan fingerprint density at radius 1 is 1.07 bits per heavy atom. The molecule has 0 unspecified atom stereocenters. The zero-order valence-electron chi connectivity index (χ0n) is 16.8. The van der Waals surface area contributed by atoms with Crippen LogP contribution in [0.25, 0.3) is 0 Å². The van der Waals surface area contributed by atoms with Crippen molar-refractivity contribution in [1.82, 2.24) is 5.43 Å². The van der Waals surface area contributed by atoms with Crippen LogP contribution in [0.3, 0.4) is 0 Å². The third-order valence-corrected chi connectivity index (χ3v) is 5.65. The number of anilines is 1. The summed E-state index contributed by atoms with van der Waals surface area (Å²) in [6.07, 6.45) is 2.62. The molecule has 2 rings (SSSR count). The zero-order chi connectivity index (χ0) is 20.7. The van der Waals surface area contributed by atoms with Gasteiger partial charge in [0.1, 0.15) is 6.54 Å². The molecular weight excluding hydrogens is 374 g/mol. The second-order valence-corrected chi connectivity index (χ2v) is 8.76. The molecule has 0 aromatic heterocycles. The molecule has 1 N–H and O–H groups in total. The summed E-state index contributed by atoms with van der Waals surface area (Å²) in [7, 11) is -3.61. The Balaban J connectivity index is 2.03. The normalized spacial score (nSPS) is 11.9. The highest BCUT2D eigenvalue weighted by atomic mass is 32.2. The number of amides is 1. The Labute approximate surface area is 167 Å². The van der Waals surface area contributed by atoms with Gasteiger partial charge in [-0.25, -0.2) is 13.8 Å². The van der Waals surface area contributed by atoms with E-state index in [9.17, 15) is 13.2 Å². The third-order valence-electron chi connectivity index (χ3n) is 4.52. The van der Waals surface area contributed by atoms with E-state index >= 15 is 0 Å². The van der Waals surface area contributed by atoms with Crippen LogP contribution in [0.4, 0.5) is 5.69 Å². The lowest BCUT2D eigenvalue weighted by atomic mass is 10.1. The van der Waals surface area contributed by atoms with E-state index in [-0.39, 0.29) is 6.54 Å². The van der Waals surface area contributed by atoms with Crippen molar-refractivity contribution in [3.05, 3.63) is 65.2 Å². The van der Waals surface area contributed by atoms with E-state index in [1.54, 1.807) is 12.1 Å². The van der Waals surface area contributed by atoms with Crippen LogP contribution in [-0.2, 0) is 21.2 Å². The quantitative estimate of drug-likeness (QED) is 0.545. The Bertz CT molecular complexity index is 954. The van der Waals surface area contributed by atoms with Gasteiger partial charge < -0.3 is 0 Å². The van der Waals surface area contributed by atoms with Gasteiger partial charge in [-0.3, -0.25) is 9.10 Å². The maximum absolute atomic E-state index is 12.3. The van der Waals surface area contributed by atoms with Gasteiger partial charge in [-0.1, -0.05) is 42.5 Å². The van der Waals surface area contributed by atoms with Crippen molar-refractivity contribution >= 4 is 27.3 Å². The third kappa shape index (κ3) is 6.20. The lowest BCUT2D eigenvalue weighted by Crippen LogP contribution is -2.39. The monoisotopic (exact) mass is 401 g/mol. The van der Waals surface area contributed by atoms with E-state index in [0.29, 0.717) is 12.1 Å². The highest BCUT2D eigenvalue weighted by Crippen LogP contribution is 2.24. The molecule has 0 radical (unpaired) electrons. The Morgan fingerprint density at radius 2 is 1.75 bits per heavy atom. The molecule has 2 aromatic rings. The SMILES string of the molecule is C/C(CCc1ccccc1)=N/NC(=O)CN(c1cccc(C)c1C)S(C)(=O)=O. The van der Waals surface area contributed by atoms with Crippen molar-refractivity contribution < 1.29 is 13.2 Å². The average Bonchev–Trinajstić information content (AvgIpc) is 2.65. The summed E-state index contributed by atoms with van der Waals surface area (Å²) >= 11 is 0. The van der Waals surface area contributed by atoms with Crippen LogP contribution < -0.4 is 9.73 Å². The van der Waals surface area contributed by atoms with Crippen molar-refractivity contribution in [2.45, 2.75) is 33.6 Å². The summed E-state index contributed by atoms with van der Waals surface area (Å²) in [5, 5.41) is 4.10. The molecule has 0 spiro atoms. The molecule has 0 aliphatic carbocycles. The number of nitrogens with one attached hydrogen (secondary N) is 1. The highest BCUT2D eigenvalue weighted by Gasteiger charge is 2.22. The molecule has 0 saturated carbocycles. The molecule has 0 aliphatic heterocycles. The van der Waals surface area contributed by atoms with Crippen LogP contribution in [0.1, 0.15) is 30.0 Å². The van der Waals surface area contributed by atoms with Gasteiger partial charge in [0.05, 0.1) is 11.9 Å².